The second kappa shape index (κ2) is 6.33. The Morgan fingerprint density at radius 3 is 3.10 bits per heavy atom. The summed E-state index contributed by atoms with van der Waals surface area (Å²) in [6.07, 6.45) is 1.42. The molecule has 0 bridgehead atoms. The number of morpholine rings is 1. The van der Waals surface area contributed by atoms with Crippen LogP contribution < -0.4 is 5.32 Å². The van der Waals surface area contributed by atoms with Crippen molar-refractivity contribution in [2.24, 2.45) is 0 Å². The Hall–Kier alpha value is -2.15. The van der Waals surface area contributed by atoms with E-state index in [0.29, 0.717) is 25.5 Å². The molecule has 1 aromatic rings. The van der Waals surface area contributed by atoms with Crippen molar-refractivity contribution < 1.29 is 19.4 Å². The van der Waals surface area contributed by atoms with Gasteiger partial charge in [0.05, 0.1) is 37.1 Å². The minimum atomic E-state index is -1.01. The van der Waals surface area contributed by atoms with Gasteiger partial charge in [-0.05, 0) is 19.1 Å². The molecule has 2 N–H and O–H groups in total. The van der Waals surface area contributed by atoms with E-state index in [9.17, 15) is 9.59 Å². The SMILES string of the molecule is CC1COCCN1C(=O)NCc1cc(C(=O)O)ccn1. The van der Waals surface area contributed by atoms with E-state index in [1.54, 1.807) is 4.90 Å². The van der Waals surface area contributed by atoms with Crippen molar-refractivity contribution in [2.75, 3.05) is 19.8 Å². The monoisotopic (exact) mass is 279 g/mol. The molecule has 0 aromatic carbocycles. The number of carbonyl (C=O) groups excluding carboxylic acids is 1. The Bertz CT molecular complexity index is 506. The van der Waals surface area contributed by atoms with Crippen molar-refractivity contribution in [3.63, 3.8) is 0 Å². The van der Waals surface area contributed by atoms with Crippen molar-refractivity contribution in [1.29, 1.82) is 0 Å². The van der Waals surface area contributed by atoms with Gasteiger partial charge in [-0.2, -0.15) is 0 Å². The van der Waals surface area contributed by atoms with Gasteiger partial charge in [0, 0.05) is 12.7 Å². The average Bonchev–Trinajstić information content (AvgIpc) is 2.45. The minimum absolute atomic E-state index is 0.0297. The maximum Gasteiger partial charge on any atom is 0.335 e. The van der Waals surface area contributed by atoms with Gasteiger partial charge in [0.15, 0.2) is 0 Å². The number of aromatic carboxylic acids is 1. The molecule has 1 atom stereocenters. The Kier molecular flexibility index (Phi) is 4.52. The van der Waals surface area contributed by atoms with E-state index in [1.807, 2.05) is 6.92 Å². The van der Waals surface area contributed by atoms with Crippen LogP contribution in [-0.2, 0) is 11.3 Å². The Morgan fingerprint density at radius 2 is 2.40 bits per heavy atom. The topological polar surface area (TPSA) is 91.8 Å². The van der Waals surface area contributed by atoms with E-state index in [2.05, 4.69) is 10.3 Å². The minimum Gasteiger partial charge on any atom is -0.478 e. The van der Waals surface area contributed by atoms with Crippen LogP contribution in [0, 0.1) is 0 Å². The Morgan fingerprint density at radius 1 is 1.60 bits per heavy atom. The second-order valence-electron chi connectivity index (χ2n) is 4.62. The first-order valence-electron chi connectivity index (χ1n) is 6.38. The summed E-state index contributed by atoms with van der Waals surface area (Å²) in [5, 5.41) is 11.6. The highest BCUT2D eigenvalue weighted by atomic mass is 16.5. The molecule has 108 valence electrons. The normalized spacial score (nSPS) is 18.6. The van der Waals surface area contributed by atoms with Crippen LogP contribution in [0.5, 0.6) is 0 Å². The number of hydrogen-bond donors (Lipinski definition) is 2. The molecule has 7 heteroatoms. The quantitative estimate of drug-likeness (QED) is 0.850. The molecule has 7 nitrogen and oxygen atoms in total. The fourth-order valence-electron chi connectivity index (χ4n) is 2.00. The molecular formula is C13H17N3O4. The number of urea groups is 1. The van der Waals surface area contributed by atoms with Crippen LogP contribution in [0.3, 0.4) is 0 Å². The summed E-state index contributed by atoms with van der Waals surface area (Å²) >= 11 is 0. The van der Waals surface area contributed by atoms with Gasteiger partial charge in [0.2, 0.25) is 0 Å². The molecule has 0 radical (unpaired) electrons. The molecule has 2 heterocycles. The van der Waals surface area contributed by atoms with Crippen molar-refractivity contribution >= 4 is 12.0 Å². The molecule has 1 fully saturated rings. The molecule has 2 rings (SSSR count). The summed E-state index contributed by atoms with van der Waals surface area (Å²) in [6, 6.07) is 2.70. The lowest BCUT2D eigenvalue weighted by Crippen LogP contribution is -2.51. The summed E-state index contributed by atoms with van der Waals surface area (Å²) in [5.74, 6) is -1.01. The number of carboxylic acid groups (broad SMARTS) is 1. The lowest BCUT2D eigenvalue weighted by Gasteiger charge is -2.33. The third-order valence-electron chi connectivity index (χ3n) is 3.11. The lowest BCUT2D eigenvalue weighted by molar-refractivity contribution is 0.0189. The van der Waals surface area contributed by atoms with E-state index >= 15 is 0 Å². The molecule has 2 amide bonds. The molecule has 0 saturated carbocycles. The number of rotatable bonds is 3. The van der Waals surface area contributed by atoms with Crippen LogP contribution in [-0.4, -0.2) is 52.8 Å². The zero-order valence-corrected chi connectivity index (χ0v) is 11.2. The maximum atomic E-state index is 12.0. The number of carboxylic acids is 1. The van der Waals surface area contributed by atoms with E-state index in [-0.39, 0.29) is 24.2 Å². The van der Waals surface area contributed by atoms with Crippen LogP contribution >= 0.6 is 0 Å². The van der Waals surface area contributed by atoms with Crippen LogP contribution in [0.4, 0.5) is 4.79 Å². The summed E-state index contributed by atoms with van der Waals surface area (Å²) < 4.78 is 5.27. The van der Waals surface area contributed by atoms with Crippen molar-refractivity contribution in [3.05, 3.63) is 29.6 Å². The first kappa shape index (κ1) is 14.3. The predicted molar refractivity (Wildman–Crippen MR) is 70.4 cm³/mol. The van der Waals surface area contributed by atoms with Gasteiger partial charge in [-0.25, -0.2) is 9.59 Å². The molecule has 1 unspecified atom stereocenters. The van der Waals surface area contributed by atoms with Crippen molar-refractivity contribution in [1.82, 2.24) is 15.2 Å². The lowest BCUT2D eigenvalue weighted by atomic mass is 10.2. The summed E-state index contributed by atoms with van der Waals surface area (Å²) in [5.41, 5.74) is 0.670. The first-order chi connectivity index (χ1) is 9.58. The number of amides is 2. The molecule has 1 aliphatic heterocycles. The highest BCUT2D eigenvalue weighted by Gasteiger charge is 2.23. The van der Waals surface area contributed by atoms with Gasteiger partial charge in [0.25, 0.3) is 0 Å². The maximum absolute atomic E-state index is 12.0. The second-order valence-corrected chi connectivity index (χ2v) is 4.62. The van der Waals surface area contributed by atoms with Crippen LogP contribution in [0.2, 0.25) is 0 Å². The standard InChI is InChI=1S/C13H17N3O4/c1-9-8-20-5-4-16(9)13(19)15-7-11-6-10(12(17)18)2-3-14-11/h2-3,6,9H,4-5,7-8H2,1H3,(H,15,19)(H,17,18). The van der Waals surface area contributed by atoms with Gasteiger partial charge in [-0.3, -0.25) is 4.98 Å². The first-order valence-corrected chi connectivity index (χ1v) is 6.38. The van der Waals surface area contributed by atoms with Gasteiger partial charge in [-0.1, -0.05) is 0 Å². The number of aromatic nitrogens is 1. The van der Waals surface area contributed by atoms with Gasteiger partial charge >= 0.3 is 12.0 Å². The molecule has 0 aliphatic carbocycles. The molecule has 1 aromatic heterocycles. The summed E-state index contributed by atoms with van der Waals surface area (Å²) in [4.78, 5) is 28.6. The zero-order valence-electron chi connectivity index (χ0n) is 11.2. The molecule has 20 heavy (non-hydrogen) atoms. The average molecular weight is 279 g/mol. The van der Waals surface area contributed by atoms with E-state index in [1.165, 1.54) is 18.3 Å². The molecule has 1 saturated heterocycles. The molecular weight excluding hydrogens is 262 g/mol. The van der Waals surface area contributed by atoms with E-state index in [4.69, 9.17) is 9.84 Å². The Balaban J connectivity index is 1.92. The van der Waals surface area contributed by atoms with E-state index in [0.717, 1.165) is 0 Å². The largest absolute Gasteiger partial charge is 0.478 e. The number of nitrogens with one attached hydrogen (secondary N) is 1. The van der Waals surface area contributed by atoms with Gasteiger partial charge < -0.3 is 20.1 Å². The summed E-state index contributed by atoms with van der Waals surface area (Å²) in [7, 11) is 0. The summed E-state index contributed by atoms with van der Waals surface area (Å²) in [6.45, 7) is 3.73. The van der Waals surface area contributed by atoms with Crippen LogP contribution in [0.25, 0.3) is 0 Å². The fraction of sp³-hybridized carbons (Fsp3) is 0.462. The Labute approximate surface area is 116 Å². The van der Waals surface area contributed by atoms with Gasteiger partial charge in [-0.15, -0.1) is 0 Å². The number of ether oxygens (including phenoxy) is 1. The van der Waals surface area contributed by atoms with E-state index < -0.39 is 5.97 Å². The van der Waals surface area contributed by atoms with Gasteiger partial charge in [0.1, 0.15) is 0 Å². The molecule has 1 aliphatic rings. The third kappa shape index (κ3) is 3.45. The zero-order chi connectivity index (χ0) is 14.5. The van der Waals surface area contributed by atoms with Crippen LogP contribution in [0.1, 0.15) is 23.0 Å². The van der Waals surface area contributed by atoms with Crippen molar-refractivity contribution in [3.8, 4) is 0 Å². The fourth-order valence-corrected chi connectivity index (χ4v) is 2.00. The third-order valence-corrected chi connectivity index (χ3v) is 3.11. The highest BCUT2D eigenvalue weighted by molar-refractivity contribution is 5.87. The highest BCUT2D eigenvalue weighted by Crippen LogP contribution is 2.07. The predicted octanol–water partition coefficient (Wildman–Crippen LogP) is 0.710. The number of nitrogens with zero attached hydrogens (tertiary/aromatic N) is 2. The number of pyridine rings is 1. The number of hydrogen-bond acceptors (Lipinski definition) is 4. The smallest absolute Gasteiger partial charge is 0.335 e. The van der Waals surface area contributed by atoms with Crippen LogP contribution in [0.15, 0.2) is 18.3 Å². The molecule has 0 spiro atoms. The number of carbonyl (C=O) groups is 2. The van der Waals surface area contributed by atoms with Crippen molar-refractivity contribution in [2.45, 2.75) is 19.5 Å².